The van der Waals surface area contributed by atoms with E-state index in [4.69, 9.17) is 4.74 Å². The molecule has 1 N–H and O–H groups in total. The van der Waals surface area contributed by atoms with Crippen LogP contribution in [-0.4, -0.2) is 46.8 Å². The molecule has 1 aromatic carbocycles. The van der Waals surface area contributed by atoms with Gasteiger partial charge < -0.3 is 15.0 Å². The summed E-state index contributed by atoms with van der Waals surface area (Å²) in [7, 11) is 0. The molecule has 2 saturated heterocycles. The number of fused-ring (bicyclic) bond motifs is 5. The number of esters is 1. The van der Waals surface area contributed by atoms with Crippen molar-refractivity contribution in [3.8, 4) is 0 Å². The number of ether oxygens (including phenoxy) is 1. The molecule has 29 heavy (non-hydrogen) atoms. The standard InChI is InChI=1S/C21H25N3O5/c1-11(2)9-15-19(28)24-17(18(27)22-15)10-21(29-13(4)26)14-7-5-6-8-16(14)23(12(3)25)20(21)24/h5-8,11,15,17,20H,9-10H2,1-4H3,(H,22,27). The van der Waals surface area contributed by atoms with Gasteiger partial charge in [0.15, 0.2) is 11.8 Å². The van der Waals surface area contributed by atoms with E-state index in [0.717, 1.165) is 0 Å². The molecule has 0 saturated carbocycles. The van der Waals surface area contributed by atoms with Crippen molar-refractivity contribution in [1.82, 2.24) is 10.2 Å². The van der Waals surface area contributed by atoms with Crippen LogP contribution < -0.4 is 10.2 Å². The van der Waals surface area contributed by atoms with Gasteiger partial charge in [0.25, 0.3) is 0 Å². The Balaban J connectivity index is 1.88. The molecule has 8 nitrogen and oxygen atoms in total. The summed E-state index contributed by atoms with van der Waals surface area (Å²) in [6.45, 7) is 6.66. The lowest BCUT2D eigenvalue weighted by Gasteiger charge is -2.41. The van der Waals surface area contributed by atoms with Crippen LogP contribution in [-0.2, 0) is 29.5 Å². The minimum atomic E-state index is -1.27. The summed E-state index contributed by atoms with van der Waals surface area (Å²) < 4.78 is 5.83. The van der Waals surface area contributed by atoms with E-state index in [2.05, 4.69) is 5.32 Å². The lowest BCUT2D eigenvalue weighted by Crippen LogP contribution is -2.66. The molecule has 154 valence electrons. The Morgan fingerprint density at radius 3 is 2.55 bits per heavy atom. The Kier molecular flexibility index (Phi) is 4.40. The highest BCUT2D eigenvalue weighted by molar-refractivity contribution is 6.02. The second-order valence-corrected chi connectivity index (χ2v) is 8.42. The fourth-order valence-corrected chi connectivity index (χ4v) is 5.02. The van der Waals surface area contributed by atoms with Crippen LogP contribution in [0, 0.1) is 5.92 Å². The highest BCUT2D eigenvalue weighted by Gasteiger charge is 2.68. The van der Waals surface area contributed by atoms with E-state index in [0.29, 0.717) is 17.7 Å². The van der Waals surface area contributed by atoms with Crippen molar-refractivity contribution < 1.29 is 23.9 Å². The minimum Gasteiger partial charge on any atom is -0.450 e. The van der Waals surface area contributed by atoms with Gasteiger partial charge in [0.05, 0.1) is 5.69 Å². The van der Waals surface area contributed by atoms with Crippen molar-refractivity contribution in [2.75, 3.05) is 4.90 Å². The third-order valence-corrected chi connectivity index (χ3v) is 5.92. The SMILES string of the molecule is CC(=O)OC12CC3C(=O)NC(CC(C)C)C(=O)N3C1N(C(C)=O)c1ccccc12. The summed E-state index contributed by atoms with van der Waals surface area (Å²) in [6, 6.07) is 5.69. The van der Waals surface area contributed by atoms with E-state index >= 15 is 0 Å². The molecule has 0 radical (unpaired) electrons. The van der Waals surface area contributed by atoms with Crippen molar-refractivity contribution in [2.45, 2.75) is 64.4 Å². The van der Waals surface area contributed by atoms with Gasteiger partial charge in [-0.25, -0.2) is 0 Å². The smallest absolute Gasteiger partial charge is 0.303 e. The van der Waals surface area contributed by atoms with Gasteiger partial charge in [-0.3, -0.25) is 24.1 Å². The maximum Gasteiger partial charge on any atom is 0.303 e. The molecule has 4 unspecified atom stereocenters. The molecule has 3 aliphatic rings. The molecule has 0 spiro atoms. The zero-order valence-corrected chi connectivity index (χ0v) is 17.0. The third kappa shape index (κ3) is 2.73. The molecule has 4 atom stereocenters. The fraction of sp³-hybridized carbons (Fsp3) is 0.524. The van der Waals surface area contributed by atoms with Crippen LogP contribution in [0.1, 0.15) is 46.1 Å². The number of anilines is 1. The summed E-state index contributed by atoms with van der Waals surface area (Å²) in [4.78, 5) is 54.0. The molecule has 1 aromatic rings. The number of hydrogen-bond donors (Lipinski definition) is 1. The maximum absolute atomic E-state index is 13.4. The maximum atomic E-state index is 13.4. The fourth-order valence-electron chi connectivity index (χ4n) is 5.02. The van der Waals surface area contributed by atoms with Crippen LogP contribution in [0.25, 0.3) is 0 Å². The molecule has 0 aliphatic carbocycles. The number of para-hydroxylation sites is 1. The quantitative estimate of drug-likeness (QED) is 0.773. The largest absolute Gasteiger partial charge is 0.450 e. The summed E-state index contributed by atoms with van der Waals surface area (Å²) in [5.74, 6) is -1.14. The number of nitrogens with one attached hydrogen (secondary N) is 1. The first kappa shape index (κ1) is 19.4. The van der Waals surface area contributed by atoms with Crippen molar-refractivity contribution in [3.63, 3.8) is 0 Å². The Labute approximate surface area is 169 Å². The van der Waals surface area contributed by atoms with E-state index in [1.807, 2.05) is 13.8 Å². The average Bonchev–Trinajstić information content (AvgIpc) is 3.08. The second kappa shape index (κ2) is 6.57. The monoisotopic (exact) mass is 399 g/mol. The van der Waals surface area contributed by atoms with Crippen molar-refractivity contribution in [1.29, 1.82) is 0 Å². The number of rotatable bonds is 3. The van der Waals surface area contributed by atoms with Crippen LogP contribution in [0.2, 0.25) is 0 Å². The van der Waals surface area contributed by atoms with Gasteiger partial charge in [0.2, 0.25) is 17.7 Å². The molecule has 3 heterocycles. The van der Waals surface area contributed by atoms with E-state index in [9.17, 15) is 19.2 Å². The number of amides is 3. The Bertz CT molecular complexity index is 913. The average molecular weight is 399 g/mol. The number of nitrogens with zero attached hydrogens (tertiary/aromatic N) is 2. The number of benzene rings is 1. The first-order chi connectivity index (χ1) is 13.7. The van der Waals surface area contributed by atoms with Crippen LogP contribution >= 0.6 is 0 Å². The van der Waals surface area contributed by atoms with Gasteiger partial charge in [-0.2, -0.15) is 0 Å². The second-order valence-electron chi connectivity index (χ2n) is 8.42. The van der Waals surface area contributed by atoms with Crippen LogP contribution in [0.5, 0.6) is 0 Å². The highest BCUT2D eigenvalue weighted by atomic mass is 16.6. The Hall–Kier alpha value is -2.90. The molecule has 4 rings (SSSR count). The van der Waals surface area contributed by atoms with Crippen LogP contribution in [0.15, 0.2) is 24.3 Å². The van der Waals surface area contributed by atoms with Crippen molar-refractivity contribution in [3.05, 3.63) is 29.8 Å². The molecule has 2 fully saturated rings. The molecular weight excluding hydrogens is 374 g/mol. The molecule has 0 aromatic heterocycles. The van der Waals surface area contributed by atoms with Gasteiger partial charge in [-0.05, 0) is 18.4 Å². The van der Waals surface area contributed by atoms with E-state index in [1.165, 1.54) is 23.6 Å². The first-order valence-electron chi connectivity index (χ1n) is 9.89. The van der Waals surface area contributed by atoms with Crippen molar-refractivity contribution >= 4 is 29.4 Å². The van der Waals surface area contributed by atoms with Crippen LogP contribution in [0.3, 0.4) is 0 Å². The van der Waals surface area contributed by atoms with E-state index in [-0.39, 0.29) is 30.1 Å². The van der Waals surface area contributed by atoms with Gasteiger partial charge in [-0.1, -0.05) is 32.0 Å². The normalized spacial score (nSPS) is 30.0. The summed E-state index contributed by atoms with van der Waals surface area (Å²) in [5.41, 5.74) is -0.0203. The summed E-state index contributed by atoms with van der Waals surface area (Å²) >= 11 is 0. The zero-order valence-electron chi connectivity index (χ0n) is 17.0. The Morgan fingerprint density at radius 1 is 1.24 bits per heavy atom. The summed E-state index contributed by atoms with van der Waals surface area (Å²) in [6.07, 6.45) is -0.266. The van der Waals surface area contributed by atoms with Crippen molar-refractivity contribution in [2.24, 2.45) is 5.92 Å². The number of piperazine rings is 1. The third-order valence-electron chi connectivity index (χ3n) is 5.92. The van der Waals surface area contributed by atoms with E-state index < -0.39 is 29.8 Å². The molecule has 3 aliphatic heterocycles. The molecule has 0 bridgehead atoms. The zero-order chi connectivity index (χ0) is 21.1. The number of carbonyl (C=O) groups excluding carboxylic acids is 4. The highest BCUT2D eigenvalue weighted by Crippen LogP contribution is 2.55. The number of carbonyl (C=O) groups is 4. The lowest BCUT2D eigenvalue weighted by molar-refractivity contribution is -0.163. The van der Waals surface area contributed by atoms with E-state index in [1.54, 1.807) is 24.3 Å². The van der Waals surface area contributed by atoms with Gasteiger partial charge in [-0.15, -0.1) is 0 Å². The lowest BCUT2D eigenvalue weighted by atomic mass is 9.90. The predicted molar refractivity (Wildman–Crippen MR) is 103 cm³/mol. The van der Waals surface area contributed by atoms with Gasteiger partial charge >= 0.3 is 5.97 Å². The topological polar surface area (TPSA) is 96.0 Å². The summed E-state index contributed by atoms with van der Waals surface area (Å²) in [5, 5.41) is 2.82. The van der Waals surface area contributed by atoms with Gasteiger partial charge in [0.1, 0.15) is 12.1 Å². The molecule has 3 amide bonds. The first-order valence-corrected chi connectivity index (χ1v) is 9.89. The molecular formula is C21H25N3O5. The Morgan fingerprint density at radius 2 is 1.93 bits per heavy atom. The number of hydrogen-bond acceptors (Lipinski definition) is 5. The minimum absolute atomic E-state index is 0.115. The van der Waals surface area contributed by atoms with Crippen LogP contribution in [0.4, 0.5) is 5.69 Å². The predicted octanol–water partition coefficient (Wildman–Crippen LogP) is 1.28. The van der Waals surface area contributed by atoms with Gasteiger partial charge in [0, 0.05) is 25.8 Å². The molecule has 8 heteroatoms.